The number of hydrogen-bond donors (Lipinski definition) is 1. The Hall–Kier alpha value is -2.61. The van der Waals surface area contributed by atoms with E-state index in [0.717, 1.165) is 26.2 Å². The third-order valence-electron chi connectivity index (χ3n) is 5.07. The van der Waals surface area contributed by atoms with E-state index in [1.165, 1.54) is 11.1 Å². The Labute approximate surface area is 184 Å². The van der Waals surface area contributed by atoms with Crippen molar-refractivity contribution in [3.8, 4) is 11.4 Å². The highest BCUT2D eigenvalue weighted by Gasteiger charge is 2.12. The largest absolute Gasteiger partial charge is 0.496 e. The van der Waals surface area contributed by atoms with Gasteiger partial charge in [0.25, 0.3) is 5.91 Å². The van der Waals surface area contributed by atoms with Gasteiger partial charge in [0, 0.05) is 28.2 Å². The van der Waals surface area contributed by atoms with Crippen molar-refractivity contribution in [2.75, 3.05) is 7.11 Å². The number of halogens is 1. The van der Waals surface area contributed by atoms with Crippen molar-refractivity contribution >= 4 is 34.7 Å². The predicted octanol–water partition coefficient (Wildman–Crippen LogP) is 5.09. The fourth-order valence-electron chi connectivity index (χ4n) is 3.29. The van der Waals surface area contributed by atoms with E-state index in [1.54, 1.807) is 25.5 Å². The summed E-state index contributed by atoms with van der Waals surface area (Å²) in [6, 6.07) is 13.7. The summed E-state index contributed by atoms with van der Waals surface area (Å²) in [5.41, 5.74) is 9.92. The minimum absolute atomic E-state index is 0.278. The van der Waals surface area contributed by atoms with E-state index in [-0.39, 0.29) is 5.91 Å². The van der Waals surface area contributed by atoms with Crippen LogP contribution < -0.4 is 10.2 Å². The van der Waals surface area contributed by atoms with Gasteiger partial charge in [-0.3, -0.25) is 4.79 Å². The molecule has 29 heavy (non-hydrogen) atoms. The second-order valence-electron chi connectivity index (χ2n) is 6.93. The maximum atomic E-state index is 12.4. The van der Waals surface area contributed by atoms with Gasteiger partial charge in [-0.25, -0.2) is 5.43 Å². The van der Waals surface area contributed by atoms with Crippen LogP contribution in [0.3, 0.4) is 0 Å². The van der Waals surface area contributed by atoms with Gasteiger partial charge in [-0.05, 0) is 91.7 Å². The Bertz CT molecular complexity index is 1100. The maximum absolute atomic E-state index is 12.4. The van der Waals surface area contributed by atoms with Crippen LogP contribution in [0.4, 0.5) is 0 Å². The number of rotatable bonds is 5. The van der Waals surface area contributed by atoms with Gasteiger partial charge in [-0.2, -0.15) is 5.10 Å². The standard InChI is InChI=1S/C23H24IN3O2/c1-14-7-6-8-21(16(14)3)27-15(2)11-19(17(27)4)13-25-26-23(28)18-9-10-20(24)22(12-18)29-5/h6-13H,1-5H3,(H,26,28)/b25-13-. The average molecular weight is 501 g/mol. The van der Waals surface area contributed by atoms with Gasteiger partial charge in [0.1, 0.15) is 5.75 Å². The third-order valence-corrected chi connectivity index (χ3v) is 5.96. The lowest BCUT2D eigenvalue weighted by Crippen LogP contribution is -2.17. The molecule has 0 aliphatic carbocycles. The van der Waals surface area contributed by atoms with Gasteiger partial charge in [-0.1, -0.05) is 12.1 Å². The Kier molecular flexibility index (Phi) is 6.42. The van der Waals surface area contributed by atoms with Crippen molar-refractivity contribution in [3.05, 3.63) is 79.7 Å². The lowest BCUT2D eigenvalue weighted by Gasteiger charge is -2.14. The minimum atomic E-state index is -0.278. The molecule has 3 rings (SSSR count). The lowest BCUT2D eigenvalue weighted by atomic mass is 10.1. The van der Waals surface area contributed by atoms with Crippen molar-refractivity contribution in [1.82, 2.24) is 9.99 Å². The van der Waals surface area contributed by atoms with E-state index in [2.05, 4.69) is 89.6 Å². The molecule has 0 atom stereocenters. The monoisotopic (exact) mass is 501 g/mol. The zero-order valence-corrected chi connectivity index (χ0v) is 19.4. The minimum Gasteiger partial charge on any atom is -0.496 e. The summed E-state index contributed by atoms with van der Waals surface area (Å²) in [7, 11) is 1.59. The second-order valence-corrected chi connectivity index (χ2v) is 8.09. The van der Waals surface area contributed by atoms with Crippen molar-refractivity contribution in [2.24, 2.45) is 5.10 Å². The summed E-state index contributed by atoms with van der Waals surface area (Å²) < 4.78 is 8.44. The van der Waals surface area contributed by atoms with Gasteiger partial charge < -0.3 is 9.30 Å². The lowest BCUT2D eigenvalue weighted by molar-refractivity contribution is 0.0954. The van der Waals surface area contributed by atoms with Crippen LogP contribution in [0.15, 0.2) is 47.6 Å². The maximum Gasteiger partial charge on any atom is 0.271 e. The van der Waals surface area contributed by atoms with Crippen molar-refractivity contribution in [1.29, 1.82) is 0 Å². The van der Waals surface area contributed by atoms with E-state index in [0.29, 0.717) is 11.3 Å². The van der Waals surface area contributed by atoms with Crippen LogP contribution in [-0.4, -0.2) is 23.8 Å². The molecule has 0 aliphatic heterocycles. The number of aromatic nitrogens is 1. The number of carbonyl (C=O) groups is 1. The number of carbonyl (C=O) groups excluding carboxylic acids is 1. The molecular weight excluding hydrogens is 477 g/mol. The first-order valence-electron chi connectivity index (χ1n) is 9.26. The predicted molar refractivity (Wildman–Crippen MR) is 125 cm³/mol. The molecule has 0 fully saturated rings. The fourth-order valence-corrected chi connectivity index (χ4v) is 3.85. The Morgan fingerprint density at radius 1 is 1.14 bits per heavy atom. The SMILES string of the molecule is COc1cc(C(=O)N/N=C\c2cc(C)n(-c3cccc(C)c3C)c2C)ccc1I. The number of hydrazone groups is 1. The number of hydrogen-bond acceptors (Lipinski definition) is 3. The van der Waals surface area contributed by atoms with Crippen LogP contribution in [0, 0.1) is 31.3 Å². The van der Waals surface area contributed by atoms with E-state index in [9.17, 15) is 4.79 Å². The zero-order chi connectivity index (χ0) is 21.1. The van der Waals surface area contributed by atoms with Gasteiger partial charge >= 0.3 is 0 Å². The molecule has 3 aromatic rings. The molecule has 1 aromatic heterocycles. The van der Waals surface area contributed by atoms with Crippen LogP contribution in [0.5, 0.6) is 5.75 Å². The molecule has 5 nitrogen and oxygen atoms in total. The highest BCUT2D eigenvalue weighted by molar-refractivity contribution is 14.1. The molecule has 6 heteroatoms. The van der Waals surface area contributed by atoms with Gasteiger partial charge in [0.15, 0.2) is 0 Å². The number of aryl methyl sites for hydroxylation is 2. The van der Waals surface area contributed by atoms with Crippen molar-refractivity contribution in [2.45, 2.75) is 27.7 Å². The van der Waals surface area contributed by atoms with Crippen LogP contribution in [0.2, 0.25) is 0 Å². The van der Waals surface area contributed by atoms with E-state index in [4.69, 9.17) is 4.74 Å². The van der Waals surface area contributed by atoms with Gasteiger partial charge in [-0.15, -0.1) is 0 Å². The molecular formula is C23H24IN3O2. The smallest absolute Gasteiger partial charge is 0.271 e. The number of nitrogens with zero attached hydrogens (tertiary/aromatic N) is 2. The van der Waals surface area contributed by atoms with E-state index >= 15 is 0 Å². The number of amides is 1. The van der Waals surface area contributed by atoms with Crippen LogP contribution in [0.25, 0.3) is 5.69 Å². The van der Waals surface area contributed by atoms with Crippen molar-refractivity contribution in [3.63, 3.8) is 0 Å². The molecule has 1 amide bonds. The molecule has 0 aliphatic rings. The summed E-state index contributed by atoms with van der Waals surface area (Å²) in [6.45, 7) is 8.38. The summed E-state index contributed by atoms with van der Waals surface area (Å²) in [6.07, 6.45) is 1.69. The highest BCUT2D eigenvalue weighted by atomic mass is 127. The molecule has 0 bridgehead atoms. The van der Waals surface area contributed by atoms with Crippen LogP contribution >= 0.6 is 22.6 Å². The number of methoxy groups -OCH3 is 1. The zero-order valence-electron chi connectivity index (χ0n) is 17.2. The number of ether oxygens (including phenoxy) is 1. The van der Waals surface area contributed by atoms with Gasteiger partial charge in [0.05, 0.1) is 16.9 Å². The van der Waals surface area contributed by atoms with Gasteiger partial charge in [0.2, 0.25) is 0 Å². The molecule has 0 unspecified atom stereocenters. The molecule has 1 N–H and O–H groups in total. The quantitative estimate of drug-likeness (QED) is 0.301. The third kappa shape index (κ3) is 4.37. The first kappa shape index (κ1) is 21.1. The van der Waals surface area contributed by atoms with Crippen LogP contribution in [0.1, 0.15) is 38.4 Å². The Balaban J connectivity index is 1.82. The topological polar surface area (TPSA) is 55.6 Å². The summed E-state index contributed by atoms with van der Waals surface area (Å²) in [5, 5.41) is 4.16. The van der Waals surface area contributed by atoms with E-state index < -0.39 is 0 Å². The molecule has 0 saturated heterocycles. The first-order chi connectivity index (χ1) is 13.8. The first-order valence-corrected chi connectivity index (χ1v) is 10.3. The molecule has 0 saturated carbocycles. The number of nitrogens with one attached hydrogen (secondary N) is 1. The van der Waals surface area contributed by atoms with E-state index in [1.807, 2.05) is 6.07 Å². The fraction of sp³-hybridized carbons (Fsp3) is 0.217. The molecule has 0 radical (unpaired) electrons. The molecule has 2 aromatic carbocycles. The summed E-state index contributed by atoms with van der Waals surface area (Å²) in [5.74, 6) is 0.388. The molecule has 0 spiro atoms. The normalized spacial score (nSPS) is 11.1. The van der Waals surface area contributed by atoms with Crippen molar-refractivity contribution < 1.29 is 9.53 Å². The Morgan fingerprint density at radius 3 is 2.62 bits per heavy atom. The summed E-state index contributed by atoms with van der Waals surface area (Å²) in [4.78, 5) is 12.4. The second kappa shape index (κ2) is 8.82. The Morgan fingerprint density at radius 2 is 1.90 bits per heavy atom. The number of benzene rings is 2. The molecule has 1 heterocycles. The van der Waals surface area contributed by atoms with Crippen LogP contribution in [-0.2, 0) is 0 Å². The highest BCUT2D eigenvalue weighted by Crippen LogP contribution is 2.24. The summed E-state index contributed by atoms with van der Waals surface area (Å²) >= 11 is 2.17. The average Bonchev–Trinajstić information content (AvgIpc) is 2.98. The molecule has 150 valence electrons.